The van der Waals surface area contributed by atoms with Crippen molar-refractivity contribution in [3.8, 4) is 0 Å². The molecule has 28 heavy (non-hydrogen) atoms. The molecular formula is C28H36. The summed E-state index contributed by atoms with van der Waals surface area (Å²) in [5, 5.41) is 5.33. The predicted octanol–water partition coefficient (Wildman–Crippen LogP) is 9.20. The monoisotopic (exact) mass is 372 g/mol. The fraction of sp³-hybridized carbons (Fsp3) is 0.286. The molecule has 0 aliphatic heterocycles. The van der Waals surface area contributed by atoms with Gasteiger partial charge in [0, 0.05) is 0 Å². The summed E-state index contributed by atoms with van der Waals surface area (Å²) in [6, 6.07) is 30.4. The van der Waals surface area contributed by atoms with Crippen LogP contribution in [0.4, 0.5) is 0 Å². The van der Waals surface area contributed by atoms with Crippen LogP contribution in [0.2, 0.25) is 0 Å². The van der Waals surface area contributed by atoms with Crippen molar-refractivity contribution in [2.75, 3.05) is 0 Å². The first-order valence-electron chi connectivity index (χ1n) is 9.52. The van der Waals surface area contributed by atoms with Crippen LogP contribution in [-0.2, 0) is 0 Å². The van der Waals surface area contributed by atoms with Crippen molar-refractivity contribution in [3.05, 3.63) is 96.1 Å². The van der Waals surface area contributed by atoms with Crippen molar-refractivity contribution in [1.29, 1.82) is 0 Å². The molecule has 0 fully saturated rings. The third-order valence-corrected chi connectivity index (χ3v) is 4.88. The van der Waals surface area contributed by atoms with Gasteiger partial charge in [0.1, 0.15) is 0 Å². The Bertz CT molecular complexity index is 909. The van der Waals surface area contributed by atoms with Gasteiger partial charge >= 0.3 is 0 Å². The molecule has 0 nitrogen and oxygen atoms in total. The quantitative estimate of drug-likeness (QED) is 0.329. The molecule has 148 valence electrons. The van der Waals surface area contributed by atoms with Crippen LogP contribution in [0.1, 0.15) is 65.5 Å². The summed E-state index contributed by atoms with van der Waals surface area (Å²) in [5.74, 6) is 1.23. The molecule has 4 aromatic rings. The molecule has 4 aromatic carbocycles. The predicted molar refractivity (Wildman–Crippen MR) is 130 cm³/mol. The van der Waals surface area contributed by atoms with E-state index in [1.807, 2.05) is 0 Å². The Labute approximate surface area is 172 Å². The lowest BCUT2D eigenvalue weighted by Gasteiger charge is -2.06. The molecule has 0 heteroatoms. The molecule has 0 aromatic heterocycles. The maximum Gasteiger partial charge on any atom is -0.0181 e. The molecule has 0 aliphatic rings. The van der Waals surface area contributed by atoms with E-state index in [-0.39, 0.29) is 14.9 Å². The highest BCUT2D eigenvalue weighted by Gasteiger charge is 2.00. The summed E-state index contributed by atoms with van der Waals surface area (Å²) in [6.45, 7) is 8.91. The first-order chi connectivity index (χ1) is 12.5. The highest BCUT2D eigenvalue weighted by molar-refractivity contribution is 5.83. The maximum absolute atomic E-state index is 2.28. The number of rotatable bonds is 2. The van der Waals surface area contributed by atoms with Crippen molar-refractivity contribution in [2.24, 2.45) is 0 Å². The summed E-state index contributed by atoms with van der Waals surface area (Å²) < 4.78 is 0. The maximum atomic E-state index is 2.28. The molecule has 0 atom stereocenters. The second kappa shape index (κ2) is 10.7. The molecule has 0 unspecified atom stereocenters. The van der Waals surface area contributed by atoms with E-state index in [9.17, 15) is 0 Å². The molecular weight excluding hydrogens is 336 g/mol. The average molecular weight is 373 g/mol. The van der Waals surface area contributed by atoms with Crippen LogP contribution in [0.25, 0.3) is 21.5 Å². The van der Waals surface area contributed by atoms with Gasteiger partial charge in [-0.05, 0) is 44.5 Å². The highest BCUT2D eigenvalue weighted by atomic mass is 14.0. The summed E-state index contributed by atoms with van der Waals surface area (Å²) in [6.07, 6.45) is 0. The normalized spacial score (nSPS) is 10.2. The molecule has 0 amide bonds. The van der Waals surface area contributed by atoms with E-state index >= 15 is 0 Å². The van der Waals surface area contributed by atoms with Crippen LogP contribution in [0.15, 0.2) is 84.9 Å². The van der Waals surface area contributed by atoms with E-state index in [4.69, 9.17) is 0 Å². The minimum Gasteiger partial charge on any atom is -0.0776 e. The van der Waals surface area contributed by atoms with Crippen molar-refractivity contribution >= 4 is 21.5 Å². The summed E-state index contributed by atoms with van der Waals surface area (Å²) >= 11 is 0. The van der Waals surface area contributed by atoms with Gasteiger partial charge < -0.3 is 0 Å². The molecule has 0 spiro atoms. The number of benzene rings is 4. The summed E-state index contributed by atoms with van der Waals surface area (Å²) in [4.78, 5) is 0. The topological polar surface area (TPSA) is 0 Å². The van der Waals surface area contributed by atoms with E-state index < -0.39 is 0 Å². The first-order valence-corrected chi connectivity index (χ1v) is 9.52. The van der Waals surface area contributed by atoms with E-state index in [2.05, 4.69) is 113 Å². The molecule has 0 radical (unpaired) electrons. The smallest absolute Gasteiger partial charge is 0.0181 e. The van der Waals surface area contributed by atoms with Gasteiger partial charge in [-0.2, -0.15) is 0 Å². The molecule has 0 aliphatic carbocycles. The van der Waals surface area contributed by atoms with Gasteiger partial charge in [-0.15, -0.1) is 0 Å². The van der Waals surface area contributed by atoms with Gasteiger partial charge in [0.05, 0.1) is 0 Å². The van der Waals surface area contributed by atoms with E-state index in [1.54, 1.807) is 0 Å². The van der Waals surface area contributed by atoms with E-state index in [0.29, 0.717) is 11.8 Å². The largest absolute Gasteiger partial charge is 0.0776 e. The van der Waals surface area contributed by atoms with Gasteiger partial charge in [0.25, 0.3) is 0 Å². The molecule has 0 bridgehead atoms. The zero-order valence-corrected chi connectivity index (χ0v) is 16.2. The van der Waals surface area contributed by atoms with Crippen LogP contribution in [0.3, 0.4) is 0 Å². The van der Waals surface area contributed by atoms with E-state index in [1.165, 1.54) is 32.7 Å². The van der Waals surface area contributed by atoms with E-state index in [0.717, 1.165) is 0 Å². The fourth-order valence-electron chi connectivity index (χ4n) is 3.13. The minimum absolute atomic E-state index is 0. The fourth-order valence-corrected chi connectivity index (χ4v) is 3.13. The Balaban J connectivity index is 0.000000261. The Hall–Kier alpha value is -2.60. The van der Waals surface area contributed by atoms with Crippen molar-refractivity contribution < 1.29 is 0 Å². The Morgan fingerprint density at radius 3 is 1.07 bits per heavy atom. The zero-order chi connectivity index (χ0) is 18.5. The molecule has 0 saturated carbocycles. The van der Waals surface area contributed by atoms with Gasteiger partial charge in [0.15, 0.2) is 0 Å². The summed E-state index contributed by atoms with van der Waals surface area (Å²) in [7, 11) is 0. The Kier molecular flexibility index (Phi) is 8.92. The Morgan fingerprint density at radius 2 is 0.750 bits per heavy atom. The number of hydrogen-bond donors (Lipinski definition) is 0. The Morgan fingerprint density at radius 1 is 0.429 bits per heavy atom. The van der Waals surface area contributed by atoms with Crippen LogP contribution < -0.4 is 0 Å². The van der Waals surface area contributed by atoms with Crippen molar-refractivity contribution in [1.82, 2.24) is 0 Å². The highest BCUT2D eigenvalue weighted by Crippen LogP contribution is 2.21. The molecule has 4 rings (SSSR count). The van der Waals surface area contributed by atoms with Crippen LogP contribution in [-0.4, -0.2) is 0 Å². The number of fused-ring (bicyclic) bond motifs is 2. The molecule has 0 heterocycles. The van der Waals surface area contributed by atoms with Gasteiger partial charge in [-0.3, -0.25) is 0 Å². The lowest BCUT2D eigenvalue weighted by molar-refractivity contribution is 0.869. The zero-order valence-electron chi connectivity index (χ0n) is 16.2. The van der Waals surface area contributed by atoms with Gasteiger partial charge in [0.2, 0.25) is 0 Å². The standard InChI is InChI=1S/2C13H14.2CH4/c2*1-10(2)12-8-7-11-5-3-4-6-13(11)9-12;;/h2*3-10H,1-2H3;2*1H4. The molecule has 0 N–H and O–H groups in total. The molecule has 0 saturated heterocycles. The van der Waals surface area contributed by atoms with Gasteiger partial charge in [-0.1, -0.05) is 127 Å². The lowest BCUT2D eigenvalue weighted by Crippen LogP contribution is -1.85. The second-order valence-electron chi connectivity index (χ2n) is 7.52. The van der Waals surface area contributed by atoms with Crippen LogP contribution in [0, 0.1) is 0 Å². The SMILES string of the molecule is C.C.CC(C)c1ccc2ccccc2c1.CC(C)c1ccc2ccccc2c1. The third kappa shape index (κ3) is 5.70. The second-order valence-corrected chi connectivity index (χ2v) is 7.52. The third-order valence-electron chi connectivity index (χ3n) is 4.88. The average Bonchev–Trinajstić information content (AvgIpc) is 2.67. The van der Waals surface area contributed by atoms with Crippen molar-refractivity contribution in [3.63, 3.8) is 0 Å². The van der Waals surface area contributed by atoms with Crippen LogP contribution >= 0.6 is 0 Å². The van der Waals surface area contributed by atoms with Crippen molar-refractivity contribution in [2.45, 2.75) is 54.4 Å². The first kappa shape index (κ1) is 23.4. The lowest BCUT2D eigenvalue weighted by atomic mass is 9.99. The number of hydrogen-bond acceptors (Lipinski definition) is 0. The minimum atomic E-state index is 0. The van der Waals surface area contributed by atoms with Gasteiger partial charge in [-0.25, -0.2) is 0 Å². The van der Waals surface area contributed by atoms with Crippen LogP contribution in [0.5, 0.6) is 0 Å². The summed E-state index contributed by atoms with van der Waals surface area (Å²) in [5.41, 5.74) is 2.83.